The van der Waals surface area contributed by atoms with Gasteiger partial charge in [0.05, 0.1) is 50.9 Å². The van der Waals surface area contributed by atoms with Gasteiger partial charge in [0, 0.05) is 89.6 Å². The molecule has 0 radical (unpaired) electrons. The summed E-state index contributed by atoms with van der Waals surface area (Å²) in [6.07, 6.45) is 3.36. The van der Waals surface area contributed by atoms with Crippen molar-refractivity contribution < 1.29 is 30.7 Å². The van der Waals surface area contributed by atoms with Crippen molar-refractivity contribution in [3.8, 4) is 0 Å². The minimum Gasteiger partial charge on any atom is -0.379 e. The fourth-order valence-corrected chi connectivity index (χ4v) is 7.39. The Balaban J connectivity index is 0.000000174. The number of rotatable bonds is 7. The number of benzene rings is 4. The lowest BCUT2D eigenvalue weighted by Crippen LogP contribution is -2.36. The van der Waals surface area contributed by atoms with Crippen LogP contribution < -0.4 is 20.9 Å². The van der Waals surface area contributed by atoms with Gasteiger partial charge in [-0.2, -0.15) is 21.2 Å². The number of hydrogen-bond donors (Lipinski definition) is 3. The Kier molecular flexibility index (Phi) is 18.4. The number of aliphatic imine (C=N–C) groups is 2. The number of halogens is 1. The van der Waals surface area contributed by atoms with Crippen molar-refractivity contribution in [2.45, 2.75) is 26.9 Å². The van der Waals surface area contributed by atoms with E-state index in [4.69, 9.17) is 31.3 Å². The second kappa shape index (κ2) is 25.0. The highest BCUT2D eigenvalue weighted by Crippen LogP contribution is 2.30. The van der Waals surface area contributed by atoms with E-state index in [2.05, 4.69) is 129 Å². The van der Waals surface area contributed by atoms with E-state index < -0.39 is 29.1 Å². The molecule has 4 aliphatic heterocycles. The molecule has 0 amide bonds. The van der Waals surface area contributed by atoms with Crippen LogP contribution in [-0.2, 0) is 45.7 Å². The molecule has 10 rings (SSSR count). The maximum Gasteiger partial charge on any atom is 0.335 e. The number of morpholine rings is 2. The van der Waals surface area contributed by atoms with Gasteiger partial charge in [-0.15, -0.1) is 0 Å². The Morgan fingerprint density at radius 3 is 1.52 bits per heavy atom. The van der Waals surface area contributed by atoms with E-state index in [1.165, 1.54) is 34.5 Å². The van der Waals surface area contributed by atoms with Crippen molar-refractivity contribution in [3.63, 3.8) is 0 Å². The van der Waals surface area contributed by atoms with Gasteiger partial charge in [0.25, 0.3) is 0 Å². The second-order valence-electron chi connectivity index (χ2n) is 14.9. The first-order valence-corrected chi connectivity index (χ1v) is 22.2. The molecule has 17 heteroatoms. The normalized spacial score (nSPS) is 14.3. The van der Waals surface area contributed by atoms with Crippen LogP contribution in [0.3, 0.4) is 0 Å². The maximum atomic E-state index is 13.4. The Hall–Kier alpha value is -6.63. The lowest BCUT2D eigenvalue weighted by Gasteiger charge is -2.28. The summed E-state index contributed by atoms with van der Waals surface area (Å²) in [5, 5.41) is 10.1. The summed E-state index contributed by atoms with van der Waals surface area (Å²) in [5.74, 6) is 0.508. The van der Waals surface area contributed by atoms with Crippen LogP contribution in [0.4, 0.5) is 33.0 Å². The summed E-state index contributed by atoms with van der Waals surface area (Å²) in [6.45, 7) is 12.6. The van der Waals surface area contributed by atoms with Crippen molar-refractivity contribution >= 4 is 63.1 Å². The van der Waals surface area contributed by atoms with Gasteiger partial charge in [-0.25, -0.2) is 9.97 Å². The van der Waals surface area contributed by atoms with E-state index >= 15 is 0 Å². The highest BCUT2D eigenvalue weighted by atomic mass is 32.1. The number of aryl methyl sites for hydroxylation is 2. The van der Waals surface area contributed by atoms with E-state index in [9.17, 15) is 4.39 Å². The van der Waals surface area contributed by atoms with Crippen LogP contribution in [-0.4, -0.2) is 90.8 Å². The van der Waals surface area contributed by atoms with Gasteiger partial charge < -0.3 is 30.3 Å². The second-order valence-corrected chi connectivity index (χ2v) is 15.2. The summed E-state index contributed by atoms with van der Waals surface area (Å²) >= 11 is -1.50. The quantitative estimate of drug-likeness (QED) is 0.138. The first-order valence-electron chi connectivity index (χ1n) is 20.8. The summed E-state index contributed by atoms with van der Waals surface area (Å²) in [5.41, 5.74) is 15.0. The molecule has 4 aliphatic rings. The lowest BCUT2D eigenvalue weighted by molar-refractivity contribution is 0.109. The number of pyridine rings is 2. The van der Waals surface area contributed by atoms with Gasteiger partial charge in [-0.3, -0.25) is 9.98 Å². The summed E-state index contributed by atoms with van der Waals surface area (Å²) in [7, 11) is 0. The highest BCUT2D eigenvalue weighted by Gasteiger charge is 2.21. The topological polar surface area (TPSA) is 177 Å². The predicted molar refractivity (Wildman–Crippen MR) is 253 cm³/mol. The fourth-order valence-electron chi connectivity index (χ4n) is 7.39. The number of aromatic nitrogens is 2. The average molecular weight is 917 g/mol. The first kappa shape index (κ1) is 47.8. The van der Waals surface area contributed by atoms with E-state index in [0.717, 1.165) is 121 Å². The van der Waals surface area contributed by atoms with Crippen molar-refractivity contribution in [1.29, 1.82) is 0 Å². The number of fused-ring (bicyclic) bond motifs is 2. The molecule has 0 atom stereocenters. The number of ether oxygens (including phenoxy) is 2. The monoisotopic (exact) mass is 916 g/mol. The maximum absolute atomic E-state index is 13.4. The zero-order chi connectivity index (χ0) is 45.8. The van der Waals surface area contributed by atoms with E-state index in [-0.39, 0.29) is 0 Å². The van der Waals surface area contributed by atoms with Crippen LogP contribution in [0.15, 0.2) is 132 Å². The van der Waals surface area contributed by atoms with Crippen molar-refractivity contribution in [2.75, 3.05) is 68.1 Å². The Bertz CT molecular complexity index is 2660. The Labute approximate surface area is 384 Å². The third-order valence-electron chi connectivity index (χ3n) is 10.4. The first-order chi connectivity index (χ1) is 31.8. The molecule has 0 bridgehead atoms. The molecule has 3 N–H and O–H groups in total. The minimum absolute atomic E-state index is 0.488. The number of nitrogens with one attached hydrogen (secondary N) is 3. The number of nitrogens with zero attached hydrogens (tertiary/aromatic N) is 5. The molecule has 4 aromatic carbocycles. The molecule has 6 aromatic rings. The van der Waals surface area contributed by atoms with Crippen LogP contribution in [0.1, 0.15) is 44.5 Å². The van der Waals surface area contributed by atoms with Gasteiger partial charge >= 0.3 is 23.1 Å². The molecule has 0 spiro atoms. The van der Waals surface area contributed by atoms with Crippen LogP contribution >= 0.6 is 0 Å². The van der Waals surface area contributed by atoms with E-state index in [0.29, 0.717) is 6.54 Å². The molecular formula is C48H49FN8O6S2. The molecule has 0 aliphatic carbocycles. The molecular weight excluding hydrogens is 868 g/mol. The van der Waals surface area contributed by atoms with Crippen LogP contribution in [0, 0.1) is 19.8 Å². The number of hydrogen-bond acceptors (Lipinski definition) is 14. The third kappa shape index (κ3) is 14.2. The average Bonchev–Trinajstić information content (AvgIpc) is 3.95. The van der Waals surface area contributed by atoms with E-state index in [1.807, 2.05) is 24.4 Å². The van der Waals surface area contributed by atoms with Gasteiger partial charge in [-0.05, 0) is 103 Å². The molecule has 0 unspecified atom stereocenters. The summed E-state index contributed by atoms with van der Waals surface area (Å²) in [6, 6.07) is 36.8. The van der Waals surface area contributed by atoms with Crippen molar-refractivity contribution in [3.05, 3.63) is 172 Å². The molecule has 2 aromatic heterocycles. The van der Waals surface area contributed by atoms with Gasteiger partial charge in [-0.1, -0.05) is 36.4 Å². The molecule has 336 valence electrons. The van der Waals surface area contributed by atoms with Crippen LogP contribution in [0.5, 0.6) is 0 Å². The minimum atomic E-state index is -0.750. The SMILES string of the molecule is C1COCCN1.Cc1cccc(Nc2ccc3c(c2)C(c2ccnc(F)c2)=NC3)c1.Cc1cccc(Nc2ccc3c(c2)C(c2ccnc(N4CCOCC4)c2)=NC3)c1.O=S=O.O=S=O. The van der Waals surface area contributed by atoms with Crippen LogP contribution in [0.2, 0.25) is 0 Å². The fraction of sp³-hybridized carbons (Fsp3) is 0.250. The van der Waals surface area contributed by atoms with Crippen molar-refractivity contribution in [1.82, 2.24) is 15.3 Å². The lowest BCUT2D eigenvalue weighted by atomic mass is 10.00. The molecule has 2 saturated heterocycles. The van der Waals surface area contributed by atoms with Crippen LogP contribution in [0.25, 0.3) is 0 Å². The smallest absolute Gasteiger partial charge is 0.335 e. The van der Waals surface area contributed by atoms with E-state index in [1.54, 1.807) is 6.07 Å². The summed E-state index contributed by atoms with van der Waals surface area (Å²) < 4.78 is 57.1. The molecule has 6 heterocycles. The molecule has 2 fully saturated rings. The highest BCUT2D eigenvalue weighted by molar-refractivity contribution is 7.51. The van der Waals surface area contributed by atoms with Gasteiger partial charge in [0.1, 0.15) is 5.82 Å². The standard InChI is InChI=1S/C24H24N4O.C20H16FN3.C4H9NO.2O2S/c1-17-3-2-4-20(13-17)27-21-6-5-19-16-26-24(22(19)15-21)18-7-8-25-23(14-18)28-9-11-29-12-10-28;1-13-3-2-4-16(9-13)24-17-6-5-15-12-23-20(18(15)11-17)14-7-8-22-19(21)10-14;1-3-6-4-2-5-1;2*1-3-2/h2-8,13-15,27H,9-12,16H2,1H3;2-11,24H,12H2,1H3;5H,1-4H2;;. The third-order valence-corrected chi connectivity index (χ3v) is 10.4. The Morgan fingerprint density at radius 2 is 1.06 bits per heavy atom. The molecule has 65 heavy (non-hydrogen) atoms. The number of anilines is 5. The molecule has 0 saturated carbocycles. The zero-order valence-corrected chi connectivity index (χ0v) is 37.6. The van der Waals surface area contributed by atoms with Crippen molar-refractivity contribution in [2.24, 2.45) is 9.98 Å². The van der Waals surface area contributed by atoms with Gasteiger partial charge in [0.2, 0.25) is 5.95 Å². The summed E-state index contributed by atoms with van der Waals surface area (Å²) in [4.78, 5) is 19.9. The largest absolute Gasteiger partial charge is 0.379 e. The zero-order valence-electron chi connectivity index (χ0n) is 36.0. The predicted octanol–water partition coefficient (Wildman–Crippen LogP) is 7.21. The van der Waals surface area contributed by atoms with Gasteiger partial charge in [0.15, 0.2) is 0 Å². The molecule has 14 nitrogen and oxygen atoms in total. The Morgan fingerprint density at radius 1 is 0.585 bits per heavy atom.